The van der Waals surface area contributed by atoms with Gasteiger partial charge in [0.25, 0.3) is 0 Å². The standard InChI is InChI=1S/C15H24N2O/c1-12(2)15(13-8-5-4-6-9-13)17-14(18)10-7-11-16-3/h4-6,8-9,12,15-16H,7,10-11H2,1-3H3,(H,17,18). The minimum absolute atomic E-state index is 0.105. The van der Waals surface area contributed by atoms with E-state index in [0.29, 0.717) is 12.3 Å². The summed E-state index contributed by atoms with van der Waals surface area (Å²) in [5, 5.41) is 6.18. The van der Waals surface area contributed by atoms with Crippen molar-refractivity contribution in [3.05, 3.63) is 35.9 Å². The predicted molar refractivity (Wildman–Crippen MR) is 75.3 cm³/mol. The van der Waals surface area contributed by atoms with Crippen LogP contribution in [0.2, 0.25) is 0 Å². The lowest BCUT2D eigenvalue weighted by Gasteiger charge is -2.23. The second-order valence-corrected chi connectivity index (χ2v) is 4.91. The number of rotatable bonds is 7. The molecule has 0 saturated heterocycles. The van der Waals surface area contributed by atoms with Crippen LogP contribution >= 0.6 is 0 Å². The molecular formula is C15H24N2O. The molecule has 1 aromatic rings. The average Bonchev–Trinajstić information content (AvgIpc) is 2.37. The number of carbonyl (C=O) groups excluding carboxylic acids is 1. The van der Waals surface area contributed by atoms with Gasteiger partial charge in [-0.25, -0.2) is 0 Å². The van der Waals surface area contributed by atoms with Crippen LogP contribution in [-0.2, 0) is 4.79 Å². The molecule has 0 saturated carbocycles. The molecule has 1 rings (SSSR count). The summed E-state index contributed by atoms with van der Waals surface area (Å²) in [5.41, 5.74) is 1.18. The number of nitrogens with one attached hydrogen (secondary N) is 2. The summed E-state index contributed by atoms with van der Waals surface area (Å²) < 4.78 is 0. The number of amides is 1. The minimum Gasteiger partial charge on any atom is -0.349 e. The average molecular weight is 248 g/mol. The van der Waals surface area contributed by atoms with Gasteiger partial charge in [-0.15, -0.1) is 0 Å². The quantitative estimate of drug-likeness (QED) is 0.728. The van der Waals surface area contributed by atoms with E-state index in [1.807, 2.05) is 25.2 Å². The Morgan fingerprint density at radius 3 is 2.44 bits per heavy atom. The fourth-order valence-corrected chi connectivity index (χ4v) is 1.97. The van der Waals surface area contributed by atoms with Crippen molar-refractivity contribution >= 4 is 5.91 Å². The summed E-state index contributed by atoms with van der Waals surface area (Å²) in [7, 11) is 1.90. The van der Waals surface area contributed by atoms with E-state index < -0.39 is 0 Å². The molecule has 0 heterocycles. The Morgan fingerprint density at radius 1 is 1.22 bits per heavy atom. The third-order valence-electron chi connectivity index (χ3n) is 2.97. The van der Waals surface area contributed by atoms with Gasteiger partial charge in [-0.2, -0.15) is 0 Å². The van der Waals surface area contributed by atoms with E-state index >= 15 is 0 Å². The van der Waals surface area contributed by atoms with Crippen LogP contribution < -0.4 is 10.6 Å². The van der Waals surface area contributed by atoms with Gasteiger partial charge in [0.05, 0.1) is 6.04 Å². The van der Waals surface area contributed by atoms with Gasteiger partial charge in [0, 0.05) is 6.42 Å². The molecule has 3 heteroatoms. The summed E-state index contributed by atoms with van der Waals surface area (Å²) in [4.78, 5) is 11.9. The lowest BCUT2D eigenvalue weighted by atomic mass is 9.96. The van der Waals surface area contributed by atoms with E-state index in [2.05, 4.69) is 36.6 Å². The van der Waals surface area contributed by atoms with Crippen molar-refractivity contribution in [2.24, 2.45) is 5.92 Å². The molecule has 0 spiro atoms. The van der Waals surface area contributed by atoms with Crippen molar-refractivity contribution in [3.63, 3.8) is 0 Å². The van der Waals surface area contributed by atoms with Crippen molar-refractivity contribution in [2.75, 3.05) is 13.6 Å². The molecule has 0 fully saturated rings. The number of hydrogen-bond donors (Lipinski definition) is 2. The zero-order chi connectivity index (χ0) is 13.4. The monoisotopic (exact) mass is 248 g/mol. The highest BCUT2D eigenvalue weighted by Crippen LogP contribution is 2.21. The van der Waals surface area contributed by atoms with E-state index in [-0.39, 0.29) is 11.9 Å². The Bertz CT molecular complexity index is 349. The lowest BCUT2D eigenvalue weighted by molar-refractivity contribution is -0.122. The highest BCUT2D eigenvalue weighted by molar-refractivity contribution is 5.76. The van der Waals surface area contributed by atoms with Crippen molar-refractivity contribution in [1.29, 1.82) is 0 Å². The SMILES string of the molecule is CNCCCC(=O)NC(c1ccccc1)C(C)C. The number of carbonyl (C=O) groups is 1. The summed E-state index contributed by atoms with van der Waals surface area (Å²) >= 11 is 0. The molecule has 100 valence electrons. The zero-order valence-electron chi connectivity index (χ0n) is 11.6. The van der Waals surface area contributed by atoms with E-state index in [1.54, 1.807) is 0 Å². The van der Waals surface area contributed by atoms with Crippen LogP contribution in [0.1, 0.15) is 38.3 Å². The summed E-state index contributed by atoms with van der Waals surface area (Å²) in [6.07, 6.45) is 1.46. The Hall–Kier alpha value is -1.35. The largest absolute Gasteiger partial charge is 0.349 e. The summed E-state index contributed by atoms with van der Waals surface area (Å²) in [6.45, 7) is 5.14. The third kappa shape index (κ3) is 4.88. The topological polar surface area (TPSA) is 41.1 Å². The molecule has 1 atom stereocenters. The normalized spacial score (nSPS) is 12.4. The van der Waals surface area contributed by atoms with Crippen molar-refractivity contribution in [2.45, 2.75) is 32.7 Å². The Labute approximate surface area is 110 Å². The Balaban J connectivity index is 2.56. The van der Waals surface area contributed by atoms with Crippen LogP contribution in [0.15, 0.2) is 30.3 Å². The molecule has 1 unspecified atom stereocenters. The number of hydrogen-bond acceptors (Lipinski definition) is 2. The van der Waals surface area contributed by atoms with Gasteiger partial charge in [-0.05, 0) is 31.5 Å². The highest BCUT2D eigenvalue weighted by Gasteiger charge is 2.17. The Kier molecular flexibility index (Phi) is 6.44. The maximum Gasteiger partial charge on any atom is 0.220 e. The molecule has 2 N–H and O–H groups in total. The van der Waals surface area contributed by atoms with Crippen LogP contribution in [0.4, 0.5) is 0 Å². The molecule has 1 amide bonds. The van der Waals surface area contributed by atoms with Crippen molar-refractivity contribution < 1.29 is 4.79 Å². The molecule has 0 aromatic heterocycles. The second-order valence-electron chi connectivity index (χ2n) is 4.91. The van der Waals surface area contributed by atoms with Gasteiger partial charge in [-0.1, -0.05) is 44.2 Å². The molecular weight excluding hydrogens is 224 g/mol. The highest BCUT2D eigenvalue weighted by atomic mass is 16.1. The summed E-state index contributed by atoms with van der Waals surface area (Å²) in [6, 6.07) is 10.3. The van der Waals surface area contributed by atoms with Crippen LogP contribution in [0, 0.1) is 5.92 Å². The molecule has 0 aliphatic rings. The first-order valence-corrected chi connectivity index (χ1v) is 6.64. The molecule has 0 bridgehead atoms. The predicted octanol–water partition coefficient (Wildman–Crippen LogP) is 2.50. The van der Waals surface area contributed by atoms with E-state index in [1.165, 1.54) is 5.56 Å². The van der Waals surface area contributed by atoms with Crippen LogP contribution in [0.3, 0.4) is 0 Å². The van der Waals surface area contributed by atoms with E-state index in [4.69, 9.17) is 0 Å². The fourth-order valence-electron chi connectivity index (χ4n) is 1.97. The fraction of sp³-hybridized carbons (Fsp3) is 0.533. The second kappa shape index (κ2) is 7.88. The first-order valence-electron chi connectivity index (χ1n) is 6.64. The molecule has 18 heavy (non-hydrogen) atoms. The third-order valence-corrected chi connectivity index (χ3v) is 2.97. The lowest BCUT2D eigenvalue weighted by Crippen LogP contribution is -2.32. The maximum atomic E-state index is 11.9. The van der Waals surface area contributed by atoms with E-state index in [9.17, 15) is 4.79 Å². The maximum absolute atomic E-state index is 11.9. The van der Waals surface area contributed by atoms with Crippen LogP contribution in [0.25, 0.3) is 0 Å². The van der Waals surface area contributed by atoms with E-state index in [0.717, 1.165) is 13.0 Å². The molecule has 3 nitrogen and oxygen atoms in total. The van der Waals surface area contributed by atoms with Gasteiger partial charge < -0.3 is 10.6 Å². The zero-order valence-corrected chi connectivity index (χ0v) is 11.6. The van der Waals surface area contributed by atoms with Gasteiger partial charge in [0.15, 0.2) is 0 Å². The first-order chi connectivity index (χ1) is 8.65. The smallest absolute Gasteiger partial charge is 0.220 e. The molecule has 0 aliphatic heterocycles. The number of benzene rings is 1. The minimum atomic E-state index is 0.105. The molecule has 0 aliphatic carbocycles. The molecule has 0 radical (unpaired) electrons. The first kappa shape index (κ1) is 14.7. The van der Waals surface area contributed by atoms with Crippen LogP contribution in [0.5, 0.6) is 0 Å². The van der Waals surface area contributed by atoms with Crippen molar-refractivity contribution in [1.82, 2.24) is 10.6 Å². The Morgan fingerprint density at radius 2 is 1.89 bits per heavy atom. The van der Waals surface area contributed by atoms with Gasteiger partial charge >= 0.3 is 0 Å². The summed E-state index contributed by atoms with van der Waals surface area (Å²) in [5.74, 6) is 0.522. The van der Waals surface area contributed by atoms with Crippen LogP contribution in [-0.4, -0.2) is 19.5 Å². The van der Waals surface area contributed by atoms with Crippen molar-refractivity contribution in [3.8, 4) is 0 Å². The molecule has 1 aromatic carbocycles. The van der Waals surface area contributed by atoms with Gasteiger partial charge in [0.2, 0.25) is 5.91 Å². The van der Waals surface area contributed by atoms with Gasteiger partial charge in [0.1, 0.15) is 0 Å². The van der Waals surface area contributed by atoms with Gasteiger partial charge in [-0.3, -0.25) is 4.79 Å².